The minimum atomic E-state index is -4.91. The molecule has 0 radical (unpaired) electrons. The van der Waals surface area contributed by atoms with Crippen molar-refractivity contribution in [2.24, 2.45) is 0 Å². The second-order valence-electron chi connectivity index (χ2n) is 10.3. The van der Waals surface area contributed by atoms with Crippen LogP contribution in [0.1, 0.15) is 35.1 Å². The molecule has 0 atom stereocenters. The van der Waals surface area contributed by atoms with Crippen LogP contribution in [0, 0.1) is 0 Å². The number of hydrogen-bond donors (Lipinski definition) is 2. The number of rotatable bonds is 3. The van der Waals surface area contributed by atoms with Crippen LogP contribution >= 0.6 is 15.9 Å². The van der Waals surface area contributed by atoms with Crippen molar-refractivity contribution in [3.8, 4) is 11.5 Å². The molecule has 11 heteroatoms. The van der Waals surface area contributed by atoms with E-state index in [-0.39, 0.29) is 5.56 Å². The SMILES string of the molecule is O=S(=O)(O)c1ccc(C2=c3cc4c5c(c3Oc3c2cc2ccccc2c3Br)CCC[N+]=5CCC4)c(S(=O)(=O)O)c1. The Bertz CT molecular complexity index is 2150. The molecule has 3 aliphatic heterocycles. The Hall–Kier alpha value is -3.09. The Labute approximate surface area is 238 Å². The lowest BCUT2D eigenvalue weighted by Gasteiger charge is -2.28. The van der Waals surface area contributed by atoms with Crippen LogP contribution in [0.15, 0.2) is 68.9 Å². The molecular formula is C29H23BrNO7S2+. The maximum absolute atomic E-state index is 12.7. The highest BCUT2D eigenvalue weighted by atomic mass is 79.9. The van der Waals surface area contributed by atoms with E-state index in [9.17, 15) is 25.9 Å². The summed E-state index contributed by atoms with van der Waals surface area (Å²) in [7, 11) is -9.64. The zero-order chi connectivity index (χ0) is 28.0. The van der Waals surface area contributed by atoms with Crippen LogP contribution in [0.4, 0.5) is 0 Å². The molecule has 8 nitrogen and oxygen atoms in total. The maximum atomic E-state index is 12.7. The Morgan fingerprint density at radius 3 is 2.33 bits per heavy atom. The van der Waals surface area contributed by atoms with E-state index in [1.54, 1.807) is 0 Å². The van der Waals surface area contributed by atoms with Crippen LogP contribution in [0.2, 0.25) is 0 Å². The Morgan fingerprint density at radius 2 is 1.57 bits per heavy atom. The van der Waals surface area contributed by atoms with Crippen LogP contribution in [0.3, 0.4) is 0 Å². The van der Waals surface area contributed by atoms with Gasteiger partial charge in [0.1, 0.15) is 29.5 Å². The third kappa shape index (κ3) is 3.94. The van der Waals surface area contributed by atoms with Crippen molar-refractivity contribution in [3.05, 3.63) is 91.9 Å². The fourth-order valence-corrected chi connectivity index (χ4v) is 8.28. The Kier molecular flexibility index (Phi) is 5.79. The molecule has 40 heavy (non-hydrogen) atoms. The molecule has 4 aromatic carbocycles. The summed E-state index contributed by atoms with van der Waals surface area (Å²) in [6.45, 7) is 1.93. The summed E-state index contributed by atoms with van der Waals surface area (Å²) in [5.74, 6) is 1.13. The normalized spacial score (nSPS) is 16.3. The molecule has 0 aliphatic carbocycles. The first-order chi connectivity index (χ1) is 19.0. The van der Waals surface area contributed by atoms with Crippen molar-refractivity contribution >= 4 is 52.5 Å². The molecule has 0 fully saturated rings. The topological polar surface area (TPSA) is 121 Å². The minimum Gasteiger partial charge on any atom is -0.454 e. The summed E-state index contributed by atoms with van der Waals surface area (Å²) in [6.07, 6.45) is 3.60. The first kappa shape index (κ1) is 25.8. The van der Waals surface area contributed by atoms with E-state index in [2.05, 4.69) is 20.5 Å². The number of halogens is 1. The first-order valence-corrected chi connectivity index (χ1v) is 16.5. The van der Waals surface area contributed by atoms with Crippen molar-refractivity contribution in [2.45, 2.75) is 35.5 Å². The number of hydrogen-bond acceptors (Lipinski definition) is 5. The zero-order valence-corrected chi connectivity index (χ0v) is 24.2. The maximum Gasteiger partial charge on any atom is 0.295 e. The second kappa shape index (κ2) is 8.95. The third-order valence-electron chi connectivity index (χ3n) is 7.95. The van der Waals surface area contributed by atoms with Gasteiger partial charge in [-0.25, -0.2) is 4.58 Å². The average Bonchev–Trinajstić information content (AvgIpc) is 2.91. The van der Waals surface area contributed by atoms with Gasteiger partial charge in [-0.05, 0) is 63.8 Å². The molecule has 3 aliphatic rings. The van der Waals surface area contributed by atoms with Crippen molar-refractivity contribution in [1.82, 2.24) is 4.58 Å². The van der Waals surface area contributed by atoms with E-state index >= 15 is 0 Å². The molecule has 0 unspecified atom stereocenters. The number of benzene rings is 4. The van der Waals surface area contributed by atoms with Crippen LogP contribution in [-0.4, -0.2) is 39.0 Å². The molecular weight excluding hydrogens is 618 g/mol. The summed E-state index contributed by atoms with van der Waals surface area (Å²) in [6, 6.07) is 14.9. The predicted molar refractivity (Wildman–Crippen MR) is 153 cm³/mol. The molecule has 0 spiro atoms. The monoisotopic (exact) mass is 640 g/mol. The second-order valence-corrected chi connectivity index (χ2v) is 13.9. The number of aryl methyl sites for hydroxylation is 1. The largest absolute Gasteiger partial charge is 0.454 e. The van der Waals surface area contributed by atoms with Gasteiger partial charge in [-0.3, -0.25) is 9.11 Å². The molecule has 0 saturated carbocycles. The van der Waals surface area contributed by atoms with Gasteiger partial charge in [0.2, 0.25) is 5.36 Å². The molecule has 0 bridgehead atoms. The third-order valence-corrected chi connectivity index (χ3v) is 10.5. The van der Waals surface area contributed by atoms with Gasteiger partial charge in [0, 0.05) is 40.3 Å². The Balaban J connectivity index is 1.70. The van der Waals surface area contributed by atoms with Gasteiger partial charge >= 0.3 is 0 Å². The van der Waals surface area contributed by atoms with Crippen LogP contribution < -0.4 is 19.9 Å². The van der Waals surface area contributed by atoms with Gasteiger partial charge in [-0.1, -0.05) is 30.3 Å². The highest BCUT2D eigenvalue weighted by Gasteiger charge is 2.34. The standard InChI is InChI=1S/C29H22BrNO7S2/c30-26-19-7-2-1-5-16(19)13-23-25(20-10-9-18(39(32,33)34)15-24(20)40(35,36)37)22-14-17-6-3-11-31-12-4-8-21(27(17)31)28(22)38-29(23)26/h1-2,5,7,9-10,13-15H,3-4,6,8,11-12H2,(H-,32,33,34,35,36,37)/p+1. The van der Waals surface area contributed by atoms with Gasteiger partial charge < -0.3 is 4.74 Å². The average molecular weight is 642 g/mol. The highest BCUT2D eigenvalue weighted by molar-refractivity contribution is 9.10. The molecule has 7 rings (SSSR count). The lowest BCUT2D eigenvalue weighted by Crippen LogP contribution is -2.45. The lowest BCUT2D eigenvalue weighted by molar-refractivity contribution is 0.436. The lowest BCUT2D eigenvalue weighted by atomic mass is 9.87. The minimum absolute atomic E-state index is 0.110. The van der Waals surface area contributed by atoms with Gasteiger partial charge in [-0.2, -0.15) is 16.8 Å². The predicted octanol–water partition coefficient (Wildman–Crippen LogP) is 3.83. The van der Waals surface area contributed by atoms with Gasteiger partial charge in [0.05, 0.1) is 14.9 Å². The van der Waals surface area contributed by atoms with Crippen molar-refractivity contribution in [1.29, 1.82) is 0 Å². The number of fused-ring (bicyclic) bond motifs is 4. The summed E-state index contributed by atoms with van der Waals surface area (Å²) in [4.78, 5) is -1.25. The van der Waals surface area contributed by atoms with Crippen molar-refractivity contribution in [3.63, 3.8) is 0 Å². The van der Waals surface area contributed by atoms with E-state index < -0.39 is 30.0 Å². The van der Waals surface area contributed by atoms with E-state index in [0.29, 0.717) is 32.3 Å². The first-order valence-electron chi connectivity index (χ1n) is 12.8. The van der Waals surface area contributed by atoms with Crippen LogP contribution in [-0.2, 0) is 33.1 Å². The van der Waals surface area contributed by atoms with Crippen molar-refractivity contribution < 1.29 is 30.7 Å². The summed E-state index contributed by atoms with van der Waals surface area (Å²) < 4.78 is 78.9. The molecule has 3 heterocycles. The Morgan fingerprint density at radius 1 is 0.825 bits per heavy atom. The van der Waals surface area contributed by atoms with E-state index in [4.69, 9.17) is 4.74 Å². The fraction of sp³-hybridized carbons (Fsp3) is 0.207. The summed E-state index contributed by atoms with van der Waals surface area (Å²) in [5.41, 5.74) is 3.41. The summed E-state index contributed by atoms with van der Waals surface area (Å²) in [5, 5.41) is 3.64. The quantitative estimate of drug-likeness (QED) is 0.227. The molecule has 4 aromatic rings. The highest BCUT2D eigenvalue weighted by Crippen LogP contribution is 2.46. The molecule has 0 amide bonds. The molecule has 0 saturated heterocycles. The van der Waals surface area contributed by atoms with Crippen LogP contribution in [0.25, 0.3) is 16.3 Å². The van der Waals surface area contributed by atoms with E-state index in [1.807, 2.05) is 36.4 Å². The van der Waals surface area contributed by atoms with E-state index in [0.717, 1.165) is 72.8 Å². The van der Waals surface area contributed by atoms with Crippen molar-refractivity contribution in [2.75, 3.05) is 13.1 Å². The fourth-order valence-electron chi connectivity index (χ4n) is 6.32. The van der Waals surface area contributed by atoms with E-state index in [1.165, 1.54) is 11.4 Å². The molecule has 204 valence electrons. The zero-order valence-electron chi connectivity index (χ0n) is 21.0. The van der Waals surface area contributed by atoms with Crippen LogP contribution in [0.5, 0.6) is 11.5 Å². The molecule has 0 aromatic heterocycles. The summed E-state index contributed by atoms with van der Waals surface area (Å²) >= 11 is 3.73. The number of nitrogens with zero attached hydrogens (tertiary/aromatic N) is 1. The van der Waals surface area contributed by atoms with Gasteiger partial charge in [0.25, 0.3) is 20.2 Å². The van der Waals surface area contributed by atoms with Gasteiger partial charge in [0.15, 0.2) is 0 Å². The van der Waals surface area contributed by atoms with Gasteiger partial charge in [-0.15, -0.1) is 0 Å². The molecule has 2 N–H and O–H groups in total. The smallest absolute Gasteiger partial charge is 0.295 e. The number of ether oxygens (including phenoxy) is 1.